The quantitative estimate of drug-likeness (QED) is 0.925. The summed E-state index contributed by atoms with van der Waals surface area (Å²) in [6.45, 7) is 8.71. The maximum atomic E-state index is 6.12. The summed E-state index contributed by atoms with van der Waals surface area (Å²) in [6, 6.07) is 6.53. The maximum absolute atomic E-state index is 6.12. The predicted octanol–water partition coefficient (Wildman–Crippen LogP) is 2.61. The van der Waals surface area contributed by atoms with Crippen LogP contribution in [0.3, 0.4) is 0 Å². The van der Waals surface area contributed by atoms with E-state index in [0.29, 0.717) is 6.10 Å². The molecule has 21 heavy (non-hydrogen) atoms. The van der Waals surface area contributed by atoms with Crippen molar-refractivity contribution in [3.05, 3.63) is 29.3 Å². The van der Waals surface area contributed by atoms with Gasteiger partial charge < -0.3 is 10.5 Å². The molecular weight excluding hydrogens is 260 g/mol. The Hall–Kier alpha value is -1.06. The molecule has 3 rings (SSSR count). The number of ether oxygens (including phenoxy) is 1. The molecule has 2 aliphatic rings. The average molecular weight is 288 g/mol. The minimum absolute atomic E-state index is 0.328. The molecule has 3 heteroatoms. The van der Waals surface area contributed by atoms with Crippen molar-refractivity contribution in [2.75, 3.05) is 26.2 Å². The number of nitrogens with zero attached hydrogens (tertiary/aromatic N) is 1. The first-order valence-corrected chi connectivity index (χ1v) is 8.38. The zero-order valence-electron chi connectivity index (χ0n) is 13.3. The monoisotopic (exact) mass is 288 g/mol. The summed E-state index contributed by atoms with van der Waals surface area (Å²) in [6.07, 6.45) is 3.87. The van der Waals surface area contributed by atoms with Gasteiger partial charge in [-0.2, -0.15) is 0 Å². The van der Waals surface area contributed by atoms with E-state index in [0.717, 1.165) is 37.1 Å². The van der Waals surface area contributed by atoms with Gasteiger partial charge in [-0.05, 0) is 49.9 Å². The average Bonchev–Trinajstić information content (AvgIpc) is 2.88. The standard InChI is InChI=1S/C18H28N2O/c1-3-14-11-20(7-6-15(14)10-19)12-17-9-16-8-13(2)4-5-18(16)21-17/h4-5,8,14-15,17H,3,6-7,9-12,19H2,1-2H3. The number of piperidine rings is 1. The Labute approximate surface area is 128 Å². The number of nitrogens with two attached hydrogens (primary N) is 1. The number of benzene rings is 1. The van der Waals surface area contributed by atoms with Gasteiger partial charge in [-0.15, -0.1) is 0 Å². The third-order valence-corrected chi connectivity index (χ3v) is 5.22. The molecule has 0 aliphatic carbocycles. The normalized spacial score (nSPS) is 29.2. The lowest BCUT2D eigenvalue weighted by molar-refractivity contribution is 0.0806. The first kappa shape index (κ1) is 14.9. The van der Waals surface area contributed by atoms with Gasteiger partial charge in [-0.3, -0.25) is 4.90 Å². The lowest BCUT2D eigenvalue weighted by Crippen LogP contribution is -2.46. The van der Waals surface area contributed by atoms with Crippen molar-refractivity contribution in [3.8, 4) is 5.75 Å². The molecule has 0 spiro atoms. The summed E-state index contributed by atoms with van der Waals surface area (Å²) < 4.78 is 6.12. The van der Waals surface area contributed by atoms with Crippen LogP contribution in [0.5, 0.6) is 5.75 Å². The molecule has 3 unspecified atom stereocenters. The zero-order chi connectivity index (χ0) is 14.8. The van der Waals surface area contributed by atoms with E-state index in [9.17, 15) is 0 Å². The number of aryl methyl sites for hydroxylation is 1. The van der Waals surface area contributed by atoms with Crippen molar-refractivity contribution in [1.82, 2.24) is 4.90 Å². The van der Waals surface area contributed by atoms with Crippen LogP contribution in [0.1, 0.15) is 30.9 Å². The van der Waals surface area contributed by atoms with Crippen LogP contribution in [0, 0.1) is 18.8 Å². The van der Waals surface area contributed by atoms with Crippen molar-refractivity contribution >= 4 is 0 Å². The van der Waals surface area contributed by atoms with Crippen LogP contribution in [-0.4, -0.2) is 37.2 Å². The van der Waals surface area contributed by atoms with Crippen molar-refractivity contribution in [2.24, 2.45) is 17.6 Å². The summed E-state index contributed by atoms with van der Waals surface area (Å²) in [7, 11) is 0. The van der Waals surface area contributed by atoms with E-state index in [4.69, 9.17) is 10.5 Å². The van der Waals surface area contributed by atoms with Crippen LogP contribution in [0.4, 0.5) is 0 Å². The number of likely N-dealkylation sites (tertiary alicyclic amines) is 1. The molecule has 1 fully saturated rings. The maximum Gasteiger partial charge on any atom is 0.123 e. The Kier molecular flexibility index (Phi) is 4.51. The summed E-state index contributed by atoms with van der Waals surface area (Å²) in [5.41, 5.74) is 8.61. The second-order valence-electron chi connectivity index (χ2n) is 6.77. The van der Waals surface area contributed by atoms with E-state index in [-0.39, 0.29) is 0 Å². The smallest absolute Gasteiger partial charge is 0.123 e. The number of hydrogen-bond acceptors (Lipinski definition) is 3. The van der Waals surface area contributed by atoms with Crippen LogP contribution in [-0.2, 0) is 6.42 Å². The van der Waals surface area contributed by atoms with Crippen LogP contribution in [0.2, 0.25) is 0 Å². The molecule has 0 bridgehead atoms. The largest absolute Gasteiger partial charge is 0.488 e. The second kappa shape index (κ2) is 6.37. The number of rotatable bonds is 4. The highest BCUT2D eigenvalue weighted by atomic mass is 16.5. The lowest BCUT2D eigenvalue weighted by Gasteiger charge is -2.38. The molecule has 2 N–H and O–H groups in total. The molecule has 116 valence electrons. The Balaban J connectivity index is 1.57. The van der Waals surface area contributed by atoms with Gasteiger partial charge >= 0.3 is 0 Å². The Morgan fingerprint density at radius 3 is 2.95 bits per heavy atom. The van der Waals surface area contributed by atoms with Crippen LogP contribution < -0.4 is 10.5 Å². The topological polar surface area (TPSA) is 38.5 Å². The number of hydrogen-bond donors (Lipinski definition) is 1. The van der Waals surface area contributed by atoms with E-state index in [1.165, 1.54) is 37.1 Å². The summed E-state index contributed by atoms with van der Waals surface area (Å²) in [4.78, 5) is 2.59. The van der Waals surface area contributed by atoms with Gasteiger partial charge in [0, 0.05) is 19.5 Å². The first-order valence-electron chi connectivity index (χ1n) is 8.38. The third-order valence-electron chi connectivity index (χ3n) is 5.22. The van der Waals surface area contributed by atoms with Crippen molar-refractivity contribution in [2.45, 2.75) is 39.2 Å². The van der Waals surface area contributed by atoms with E-state index in [1.807, 2.05) is 0 Å². The van der Waals surface area contributed by atoms with E-state index >= 15 is 0 Å². The fraction of sp³-hybridized carbons (Fsp3) is 0.667. The van der Waals surface area contributed by atoms with Crippen LogP contribution >= 0.6 is 0 Å². The number of fused-ring (bicyclic) bond motifs is 1. The zero-order valence-corrected chi connectivity index (χ0v) is 13.3. The highest BCUT2D eigenvalue weighted by molar-refractivity contribution is 5.40. The highest BCUT2D eigenvalue weighted by Crippen LogP contribution is 2.31. The van der Waals surface area contributed by atoms with Gasteiger partial charge in [0.1, 0.15) is 11.9 Å². The van der Waals surface area contributed by atoms with E-state index in [1.54, 1.807) is 0 Å². The molecule has 2 heterocycles. The van der Waals surface area contributed by atoms with Crippen molar-refractivity contribution in [3.63, 3.8) is 0 Å². The van der Waals surface area contributed by atoms with E-state index in [2.05, 4.69) is 36.9 Å². The Morgan fingerprint density at radius 2 is 2.19 bits per heavy atom. The SMILES string of the molecule is CCC1CN(CC2Cc3cc(C)ccc3O2)CCC1CN. The third kappa shape index (κ3) is 3.24. The molecule has 0 aromatic heterocycles. The molecule has 0 saturated carbocycles. The van der Waals surface area contributed by atoms with Gasteiger partial charge in [-0.25, -0.2) is 0 Å². The molecule has 1 saturated heterocycles. The molecule has 3 atom stereocenters. The molecular formula is C18H28N2O. The van der Waals surface area contributed by atoms with Crippen LogP contribution in [0.25, 0.3) is 0 Å². The lowest BCUT2D eigenvalue weighted by atomic mass is 9.83. The summed E-state index contributed by atoms with van der Waals surface area (Å²) in [5.74, 6) is 2.57. The molecule has 3 nitrogen and oxygen atoms in total. The Bertz CT molecular complexity index is 488. The van der Waals surface area contributed by atoms with Gasteiger partial charge in [0.05, 0.1) is 0 Å². The van der Waals surface area contributed by atoms with Gasteiger partial charge in [0.25, 0.3) is 0 Å². The molecule has 1 aromatic rings. The molecule has 2 aliphatic heterocycles. The van der Waals surface area contributed by atoms with E-state index < -0.39 is 0 Å². The Morgan fingerprint density at radius 1 is 1.33 bits per heavy atom. The predicted molar refractivity (Wildman–Crippen MR) is 86.7 cm³/mol. The highest BCUT2D eigenvalue weighted by Gasteiger charge is 2.30. The van der Waals surface area contributed by atoms with Crippen molar-refractivity contribution in [1.29, 1.82) is 0 Å². The second-order valence-corrected chi connectivity index (χ2v) is 6.77. The van der Waals surface area contributed by atoms with Crippen molar-refractivity contribution < 1.29 is 4.74 Å². The molecule has 0 amide bonds. The summed E-state index contributed by atoms with van der Waals surface area (Å²) in [5, 5.41) is 0. The molecule has 1 aromatic carbocycles. The molecule has 0 radical (unpaired) electrons. The van der Waals surface area contributed by atoms with Crippen LogP contribution in [0.15, 0.2) is 18.2 Å². The minimum atomic E-state index is 0.328. The summed E-state index contributed by atoms with van der Waals surface area (Å²) >= 11 is 0. The fourth-order valence-electron chi connectivity index (χ4n) is 3.93. The van der Waals surface area contributed by atoms with Gasteiger partial charge in [0.15, 0.2) is 0 Å². The van der Waals surface area contributed by atoms with Gasteiger partial charge in [-0.1, -0.05) is 31.0 Å². The minimum Gasteiger partial charge on any atom is -0.488 e. The first-order chi connectivity index (χ1) is 10.2. The fourth-order valence-corrected chi connectivity index (χ4v) is 3.93. The van der Waals surface area contributed by atoms with Gasteiger partial charge in [0.2, 0.25) is 0 Å².